The van der Waals surface area contributed by atoms with Crippen molar-refractivity contribution in [1.82, 2.24) is 0 Å². The molecule has 59 heavy (non-hydrogen) atoms. The van der Waals surface area contributed by atoms with Crippen LogP contribution in [0.3, 0.4) is 0 Å². The summed E-state index contributed by atoms with van der Waals surface area (Å²) in [5.74, 6) is -1.19. The number of aliphatic hydroxyl groups is 3. The van der Waals surface area contributed by atoms with Gasteiger partial charge in [-0.3, -0.25) is 14.2 Å². The number of hydrogen-bond donors (Lipinski definition) is 3. The topological polar surface area (TPSA) is 172 Å². The third-order valence-electron chi connectivity index (χ3n) is 8.74. The predicted octanol–water partition coefficient (Wildman–Crippen LogP) is 8.30. The molecule has 0 heterocycles. The largest absolute Gasteiger partial charge is 0.756 e. The van der Waals surface area contributed by atoms with E-state index in [9.17, 15) is 34.4 Å². The highest BCUT2D eigenvalue weighted by Crippen LogP contribution is 2.38. The third-order valence-corrected chi connectivity index (χ3v) is 9.71. The van der Waals surface area contributed by atoms with Crippen molar-refractivity contribution in [1.29, 1.82) is 0 Å². The molecule has 12 nitrogen and oxygen atoms in total. The monoisotopic (exact) mass is 852 g/mol. The Morgan fingerprint density at radius 1 is 0.695 bits per heavy atom. The van der Waals surface area contributed by atoms with Crippen LogP contribution in [-0.2, 0) is 32.7 Å². The van der Waals surface area contributed by atoms with Crippen LogP contribution in [0, 0.1) is 0 Å². The number of unbranched alkanes of at least 4 members (excludes halogenated alkanes) is 8. The number of nitrogens with zero attached hydrogens (tertiary/aromatic N) is 1. The normalized spacial score (nSPS) is 16.0. The Morgan fingerprint density at radius 3 is 1.97 bits per heavy atom. The molecule has 0 aromatic rings. The van der Waals surface area contributed by atoms with Crippen molar-refractivity contribution in [3.05, 3.63) is 85.1 Å². The van der Waals surface area contributed by atoms with Crippen LogP contribution in [0.5, 0.6) is 0 Å². The van der Waals surface area contributed by atoms with Crippen LogP contribution in [0.25, 0.3) is 0 Å². The van der Waals surface area contributed by atoms with E-state index in [1.807, 2.05) is 40.2 Å². The number of aliphatic hydroxyl groups excluding tert-OH is 3. The molecule has 5 atom stereocenters. The second-order valence-corrected chi connectivity index (χ2v) is 16.9. The summed E-state index contributed by atoms with van der Waals surface area (Å²) in [5, 5.41) is 30.5. The Kier molecular flexibility index (Phi) is 35.1. The molecule has 0 amide bonds. The number of phosphoric acid groups is 1. The summed E-state index contributed by atoms with van der Waals surface area (Å²) in [7, 11) is 0.922. The Balaban J connectivity index is 4.76. The fourth-order valence-corrected chi connectivity index (χ4v) is 5.93. The Hall–Kier alpha value is -2.93. The lowest BCUT2D eigenvalue weighted by Gasteiger charge is -2.28. The molecule has 0 rings (SSSR count). The maximum Gasteiger partial charge on any atom is 0.306 e. The lowest BCUT2D eigenvalue weighted by molar-refractivity contribution is -0.870. The molecule has 0 aliphatic carbocycles. The number of ether oxygens (including phenoxy) is 2. The van der Waals surface area contributed by atoms with E-state index < -0.39 is 57.4 Å². The van der Waals surface area contributed by atoms with Gasteiger partial charge in [0.25, 0.3) is 7.82 Å². The van der Waals surface area contributed by atoms with Gasteiger partial charge in [-0.05, 0) is 64.2 Å². The number of carbonyl (C=O) groups excluding carboxylic acids is 2. The van der Waals surface area contributed by atoms with E-state index in [1.165, 1.54) is 25.3 Å². The molecule has 0 spiro atoms. The van der Waals surface area contributed by atoms with E-state index in [-0.39, 0.29) is 32.3 Å². The van der Waals surface area contributed by atoms with Crippen LogP contribution in [0.15, 0.2) is 85.1 Å². The number of esters is 2. The standard InChI is InChI=1S/C46H78NO11P/c1-6-8-10-11-12-13-14-15-16-17-18-19-20-25-29-35-45(51)55-39-42(40-57-59(53,54)56-38-37-47(3,4)5)58-46(52)36-30-34-44(50)43(49)33-28-24-22-21-23-27-32-41(48)31-26-9-7-2/h9,12-13,15-16,21-24,26-28,32-33,41-44,48-50H,6-8,10-11,14,17-20,25,29-31,34-40H2,1-5H3/b13-12-,16-15-,23-21+,24-22-,26-9-,32-27+,33-28-/t41-,42+,43+,44+/m0/s1. The van der Waals surface area contributed by atoms with Gasteiger partial charge in [0, 0.05) is 12.8 Å². The van der Waals surface area contributed by atoms with Crippen molar-refractivity contribution in [2.75, 3.05) is 47.5 Å². The first-order valence-corrected chi connectivity index (χ1v) is 23.1. The molecule has 1 unspecified atom stereocenters. The van der Waals surface area contributed by atoms with Gasteiger partial charge in [0.05, 0.1) is 46.1 Å². The van der Waals surface area contributed by atoms with E-state index >= 15 is 0 Å². The van der Waals surface area contributed by atoms with Crippen LogP contribution >= 0.6 is 7.82 Å². The zero-order valence-corrected chi connectivity index (χ0v) is 37.6. The van der Waals surface area contributed by atoms with Crippen LogP contribution < -0.4 is 4.89 Å². The molecule has 0 aliphatic rings. The van der Waals surface area contributed by atoms with E-state index in [1.54, 1.807) is 42.5 Å². The van der Waals surface area contributed by atoms with Gasteiger partial charge >= 0.3 is 11.9 Å². The molecule has 0 aromatic heterocycles. The summed E-state index contributed by atoms with van der Waals surface area (Å²) < 4.78 is 33.6. The number of allylic oxidation sites excluding steroid dienone is 11. The van der Waals surface area contributed by atoms with Crippen molar-refractivity contribution >= 4 is 19.8 Å². The fourth-order valence-electron chi connectivity index (χ4n) is 5.20. The molecular weight excluding hydrogens is 773 g/mol. The minimum absolute atomic E-state index is 0.0877. The minimum Gasteiger partial charge on any atom is -0.756 e. The van der Waals surface area contributed by atoms with Gasteiger partial charge in [-0.1, -0.05) is 131 Å². The van der Waals surface area contributed by atoms with Gasteiger partial charge in [0.1, 0.15) is 19.8 Å². The molecule has 0 saturated carbocycles. The first kappa shape index (κ1) is 56.1. The summed E-state index contributed by atoms with van der Waals surface area (Å²) in [5.41, 5.74) is 0. The molecule has 0 aromatic carbocycles. The van der Waals surface area contributed by atoms with Gasteiger partial charge in [-0.2, -0.15) is 0 Å². The lowest BCUT2D eigenvalue weighted by atomic mass is 10.1. The first-order chi connectivity index (χ1) is 28.2. The highest BCUT2D eigenvalue weighted by Gasteiger charge is 2.22. The van der Waals surface area contributed by atoms with Crippen LogP contribution in [-0.4, -0.2) is 104 Å². The molecule has 3 N–H and O–H groups in total. The van der Waals surface area contributed by atoms with Gasteiger partial charge in [-0.15, -0.1) is 0 Å². The third kappa shape index (κ3) is 39.0. The zero-order chi connectivity index (χ0) is 44.0. The van der Waals surface area contributed by atoms with Gasteiger partial charge in [0.15, 0.2) is 6.10 Å². The maximum atomic E-state index is 12.7. The van der Waals surface area contributed by atoms with Gasteiger partial charge in [0.2, 0.25) is 0 Å². The molecule has 0 fully saturated rings. The van der Waals surface area contributed by atoms with Gasteiger partial charge in [-0.25, -0.2) is 0 Å². The lowest BCUT2D eigenvalue weighted by Crippen LogP contribution is -2.37. The molecule has 338 valence electrons. The number of rotatable bonds is 37. The highest BCUT2D eigenvalue weighted by molar-refractivity contribution is 7.45. The predicted molar refractivity (Wildman–Crippen MR) is 235 cm³/mol. The Morgan fingerprint density at radius 2 is 1.31 bits per heavy atom. The summed E-state index contributed by atoms with van der Waals surface area (Å²) in [6.07, 6.45) is 35.6. The second-order valence-electron chi connectivity index (χ2n) is 15.5. The first-order valence-electron chi connectivity index (χ1n) is 21.6. The number of quaternary nitrogens is 1. The second kappa shape index (κ2) is 36.9. The van der Waals surface area contributed by atoms with E-state index in [4.69, 9.17) is 18.5 Å². The number of likely N-dealkylation sites (N-methyl/N-ethyl adjacent to an activating group) is 1. The van der Waals surface area contributed by atoms with Crippen LogP contribution in [0.4, 0.5) is 0 Å². The Labute approximate surface area is 356 Å². The number of carbonyl (C=O) groups is 2. The van der Waals surface area contributed by atoms with Crippen molar-refractivity contribution in [3.8, 4) is 0 Å². The van der Waals surface area contributed by atoms with Crippen molar-refractivity contribution in [2.24, 2.45) is 0 Å². The Bertz CT molecular complexity index is 1330. The highest BCUT2D eigenvalue weighted by atomic mass is 31.2. The van der Waals surface area contributed by atoms with Crippen LogP contribution in [0.1, 0.15) is 123 Å². The fraction of sp³-hybridized carbons (Fsp3) is 0.652. The molecular formula is C46H78NO11P. The van der Waals surface area contributed by atoms with E-state index in [0.29, 0.717) is 23.9 Å². The molecule has 0 aliphatic heterocycles. The van der Waals surface area contributed by atoms with Crippen molar-refractivity contribution in [2.45, 2.75) is 147 Å². The molecule has 0 bridgehead atoms. The maximum absolute atomic E-state index is 12.7. The zero-order valence-electron chi connectivity index (χ0n) is 36.7. The smallest absolute Gasteiger partial charge is 0.306 e. The molecule has 13 heteroatoms. The van der Waals surface area contributed by atoms with E-state index in [2.05, 4.69) is 31.2 Å². The summed E-state index contributed by atoms with van der Waals surface area (Å²) in [6, 6.07) is 0. The quantitative estimate of drug-likeness (QED) is 0.0137. The van der Waals surface area contributed by atoms with Gasteiger partial charge < -0.3 is 43.2 Å². The summed E-state index contributed by atoms with van der Waals surface area (Å²) >= 11 is 0. The molecule has 0 saturated heterocycles. The minimum atomic E-state index is -4.73. The average Bonchev–Trinajstić information content (AvgIpc) is 3.17. The molecule has 0 radical (unpaired) electrons. The van der Waals surface area contributed by atoms with Crippen LogP contribution in [0.2, 0.25) is 0 Å². The number of phosphoric ester groups is 1. The summed E-state index contributed by atoms with van der Waals surface area (Å²) in [6.45, 7) is 3.55. The average molecular weight is 852 g/mol. The summed E-state index contributed by atoms with van der Waals surface area (Å²) in [4.78, 5) is 37.6. The number of hydrogen-bond acceptors (Lipinski definition) is 11. The van der Waals surface area contributed by atoms with E-state index in [0.717, 1.165) is 51.4 Å². The SMILES string of the molecule is CC/C=C\C[C@H](O)/C=C/C=C/C=C\C=C/[C@@H](O)[C@H](O)CCCC(=O)O[C@H](COC(=O)CCCCCCC/C=C\C/C=C\CCCCC)COP(=O)([O-])OCC[N+](C)(C)C. The van der Waals surface area contributed by atoms with Crippen molar-refractivity contribution < 1.29 is 57.4 Å². The van der Waals surface area contributed by atoms with Crippen molar-refractivity contribution in [3.63, 3.8) is 0 Å².